The zero-order valence-electron chi connectivity index (χ0n) is 15.5. The van der Waals surface area contributed by atoms with E-state index in [9.17, 15) is 14.7 Å². The third-order valence-corrected chi connectivity index (χ3v) is 5.95. The van der Waals surface area contributed by atoms with Crippen molar-refractivity contribution in [1.82, 2.24) is 4.90 Å². The maximum Gasteiger partial charge on any atom is 0.293 e. The van der Waals surface area contributed by atoms with Crippen LogP contribution in [0, 0.1) is 0 Å². The number of nitrogens with zero attached hydrogens (tertiary/aromatic N) is 1. The molecule has 0 spiro atoms. The van der Waals surface area contributed by atoms with E-state index in [0.29, 0.717) is 10.8 Å². The Balaban J connectivity index is 1.47. The Bertz CT molecular complexity index is 1190. The van der Waals surface area contributed by atoms with E-state index in [4.69, 9.17) is 27.9 Å². The predicted octanol–water partition coefficient (Wildman–Crippen LogP) is 5.97. The van der Waals surface area contributed by atoms with Crippen LogP contribution in [0.5, 0.6) is 11.5 Å². The standard InChI is InChI=1S/C22H15Cl2NO4S/c23-15-10-14(20(26)17(24)12-15)11-19-21(27)25(22(28)30-19)8-9-29-18-7-3-5-13-4-1-2-6-16(13)18/h1-7,10-12,26H,8-9H2/b19-11-. The van der Waals surface area contributed by atoms with Crippen LogP contribution < -0.4 is 4.74 Å². The van der Waals surface area contributed by atoms with Crippen molar-refractivity contribution in [2.75, 3.05) is 13.2 Å². The lowest BCUT2D eigenvalue weighted by molar-refractivity contribution is -0.123. The van der Waals surface area contributed by atoms with Crippen molar-refractivity contribution in [3.05, 3.63) is 75.1 Å². The number of phenols is 1. The molecule has 1 aliphatic rings. The molecule has 0 aromatic heterocycles. The highest BCUT2D eigenvalue weighted by Gasteiger charge is 2.35. The second-order valence-electron chi connectivity index (χ2n) is 6.48. The van der Waals surface area contributed by atoms with Gasteiger partial charge in [0, 0.05) is 16.0 Å². The summed E-state index contributed by atoms with van der Waals surface area (Å²) in [5.41, 5.74) is 0.269. The lowest BCUT2D eigenvalue weighted by atomic mass is 10.1. The van der Waals surface area contributed by atoms with Crippen molar-refractivity contribution in [3.63, 3.8) is 0 Å². The van der Waals surface area contributed by atoms with Gasteiger partial charge >= 0.3 is 0 Å². The summed E-state index contributed by atoms with van der Waals surface area (Å²) in [6.45, 7) is 0.265. The van der Waals surface area contributed by atoms with Crippen molar-refractivity contribution in [2.45, 2.75) is 0 Å². The highest BCUT2D eigenvalue weighted by atomic mass is 35.5. The highest BCUT2D eigenvalue weighted by molar-refractivity contribution is 8.18. The molecule has 0 aliphatic carbocycles. The number of hydrogen-bond acceptors (Lipinski definition) is 5. The summed E-state index contributed by atoms with van der Waals surface area (Å²) < 4.78 is 5.83. The summed E-state index contributed by atoms with van der Waals surface area (Å²) >= 11 is 12.7. The molecule has 1 aliphatic heterocycles. The monoisotopic (exact) mass is 459 g/mol. The zero-order chi connectivity index (χ0) is 21.3. The maximum absolute atomic E-state index is 12.7. The van der Waals surface area contributed by atoms with Crippen LogP contribution in [0.25, 0.3) is 16.8 Å². The number of fused-ring (bicyclic) bond motifs is 1. The van der Waals surface area contributed by atoms with Crippen molar-refractivity contribution in [1.29, 1.82) is 0 Å². The van der Waals surface area contributed by atoms with Crippen LogP contribution in [-0.2, 0) is 4.79 Å². The minimum Gasteiger partial charge on any atom is -0.506 e. The largest absolute Gasteiger partial charge is 0.506 e. The fraction of sp³-hybridized carbons (Fsp3) is 0.0909. The van der Waals surface area contributed by atoms with E-state index in [1.807, 2.05) is 42.5 Å². The topological polar surface area (TPSA) is 66.8 Å². The second kappa shape index (κ2) is 8.60. The average molecular weight is 460 g/mol. The molecule has 1 fully saturated rings. The number of carbonyl (C=O) groups excluding carboxylic acids is 2. The first-order valence-corrected chi connectivity index (χ1v) is 10.6. The summed E-state index contributed by atoms with van der Waals surface area (Å²) in [4.78, 5) is 26.3. The molecule has 1 N–H and O–H groups in total. The smallest absolute Gasteiger partial charge is 0.293 e. The van der Waals surface area contributed by atoms with Gasteiger partial charge in [0.15, 0.2) is 0 Å². The number of carbonyl (C=O) groups is 2. The van der Waals surface area contributed by atoms with E-state index in [1.54, 1.807) is 0 Å². The molecule has 1 saturated heterocycles. The van der Waals surface area contributed by atoms with Crippen molar-refractivity contribution < 1.29 is 19.4 Å². The van der Waals surface area contributed by atoms with E-state index in [2.05, 4.69) is 0 Å². The fourth-order valence-electron chi connectivity index (χ4n) is 3.10. The number of rotatable bonds is 5. The zero-order valence-corrected chi connectivity index (χ0v) is 17.8. The molecular formula is C22H15Cl2NO4S. The van der Waals surface area contributed by atoms with Gasteiger partial charge < -0.3 is 9.84 Å². The molecule has 152 valence electrons. The van der Waals surface area contributed by atoms with Crippen LogP contribution in [0.4, 0.5) is 4.79 Å². The number of phenolic OH excluding ortho intramolecular Hbond substituents is 1. The quantitative estimate of drug-likeness (QED) is 0.476. The van der Waals surface area contributed by atoms with E-state index in [-0.39, 0.29) is 34.4 Å². The Kier molecular flexibility index (Phi) is 5.90. The maximum atomic E-state index is 12.7. The number of amides is 2. The van der Waals surface area contributed by atoms with Gasteiger partial charge in [0.1, 0.15) is 18.1 Å². The Morgan fingerprint density at radius 2 is 1.83 bits per heavy atom. The molecule has 1 heterocycles. The van der Waals surface area contributed by atoms with Crippen LogP contribution in [0.1, 0.15) is 5.56 Å². The molecule has 2 amide bonds. The Labute approximate surface area is 186 Å². The van der Waals surface area contributed by atoms with Crippen LogP contribution in [0.15, 0.2) is 59.5 Å². The molecule has 0 radical (unpaired) electrons. The SMILES string of the molecule is O=C1S/C(=C\c2cc(Cl)cc(Cl)c2O)C(=O)N1CCOc1cccc2ccccc12. The molecule has 8 heteroatoms. The molecule has 0 unspecified atom stereocenters. The number of benzene rings is 3. The lowest BCUT2D eigenvalue weighted by Crippen LogP contribution is -2.32. The van der Waals surface area contributed by atoms with E-state index in [0.717, 1.165) is 27.4 Å². The number of halogens is 2. The first-order valence-electron chi connectivity index (χ1n) is 8.98. The van der Waals surface area contributed by atoms with Crippen molar-refractivity contribution in [3.8, 4) is 11.5 Å². The third-order valence-electron chi connectivity index (χ3n) is 4.54. The number of hydrogen-bond donors (Lipinski definition) is 1. The van der Waals surface area contributed by atoms with E-state index >= 15 is 0 Å². The fourth-order valence-corrected chi connectivity index (χ4v) is 4.46. The minimum absolute atomic E-state index is 0.0662. The minimum atomic E-state index is -0.456. The Morgan fingerprint density at radius 3 is 2.67 bits per heavy atom. The summed E-state index contributed by atoms with van der Waals surface area (Å²) in [5.74, 6) is 0.0308. The van der Waals surface area contributed by atoms with Gasteiger partial charge in [0.2, 0.25) is 0 Å². The molecule has 5 nitrogen and oxygen atoms in total. The van der Waals surface area contributed by atoms with Gasteiger partial charge in [-0.25, -0.2) is 0 Å². The predicted molar refractivity (Wildman–Crippen MR) is 120 cm³/mol. The van der Waals surface area contributed by atoms with Crippen LogP contribution >= 0.6 is 35.0 Å². The molecule has 3 aromatic carbocycles. The number of thioether (sulfide) groups is 1. The Morgan fingerprint density at radius 1 is 1.07 bits per heavy atom. The molecule has 0 saturated carbocycles. The Hall–Kier alpha value is -2.67. The summed E-state index contributed by atoms with van der Waals surface area (Å²) in [6, 6.07) is 16.4. The molecule has 3 aromatic rings. The summed E-state index contributed by atoms with van der Waals surface area (Å²) in [5, 5.41) is 12.1. The van der Waals surface area contributed by atoms with E-state index < -0.39 is 11.1 Å². The van der Waals surface area contributed by atoms with Gasteiger partial charge in [0.25, 0.3) is 11.1 Å². The number of ether oxygens (including phenoxy) is 1. The molecule has 30 heavy (non-hydrogen) atoms. The molecule has 0 atom stereocenters. The van der Waals surface area contributed by atoms with Crippen LogP contribution in [-0.4, -0.2) is 34.3 Å². The lowest BCUT2D eigenvalue weighted by Gasteiger charge is -2.14. The summed E-state index contributed by atoms with van der Waals surface area (Å²) in [6.07, 6.45) is 1.41. The van der Waals surface area contributed by atoms with Gasteiger partial charge in [0.05, 0.1) is 16.5 Å². The third kappa shape index (κ3) is 4.12. The molecule has 4 rings (SSSR count). The van der Waals surface area contributed by atoms with Gasteiger partial charge in [-0.15, -0.1) is 0 Å². The average Bonchev–Trinajstić information content (AvgIpc) is 2.99. The van der Waals surface area contributed by atoms with Gasteiger partial charge in [-0.1, -0.05) is 59.6 Å². The first-order chi connectivity index (χ1) is 14.4. The molecular weight excluding hydrogens is 445 g/mol. The first kappa shape index (κ1) is 20.6. The second-order valence-corrected chi connectivity index (χ2v) is 8.32. The van der Waals surface area contributed by atoms with Crippen LogP contribution in [0.3, 0.4) is 0 Å². The van der Waals surface area contributed by atoms with E-state index in [1.165, 1.54) is 18.2 Å². The highest BCUT2D eigenvalue weighted by Crippen LogP contribution is 2.37. The molecule has 0 bridgehead atoms. The summed E-state index contributed by atoms with van der Waals surface area (Å²) in [7, 11) is 0. The van der Waals surface area contributed by atoms with Crippen molar-refractivity contribution >= 4 is 63.0 Å². The number of aromatic hydroxyl groups is 1. The van der Waals surface area contributed by atoms with Gasteiger partial charge in [-0.2, -0.15) is 0 Å². The van der Waals surface area contributed by atoms with Crippen molar-refractivity contribution in [2.24, 2.45) is 0 Å². The van der Waals surface area contributed by atoms with Gasteiger partial charge in [-0.05, 0) is 41.4 Å². The number of imide groups is 1. The van der Waals surface area contributed by atoms with Gasteiger partial charge in [-0.3, -0.25) is 14.5 Å². The van der Waals surface area contributed by atoms with Crippen LogP contribution in [0.2, 0.25) is 10.0 Å². The normalized spacial score (nSPS) is 15.4.